The van der Waals surface area contributed by atoms with Crippen LogP contribution in [0.1, 0.15) is 31.4 Å². The van der Waals surface area contributed by atoms with Gasteiger partial charge in [0.05, 0.1) is 6.61 Å². The Kier molecular flexibility index (Phi) is 6.68. The van der Waals surface area contributed by atoms with E-state index in [-0.39, 0.29) is 19.2 Å². The van der Waals surface area contributed by atoms with E-state index in [4.69, 9.17) is 5.11 Å². The van der Waals surface area contributed by atoms with Crippen LogP contribution < -0.4 is 9.44 Å². The van der Waals surface area contributed by atoms with Gasteiger partial charge in [0, 0.05) is 24.6 Å². The van der Waals surface area contributed by atoms with E-state index in [1.807, 2.05) is 24.3 Å². The molecule has 0 bridgehead atoms. The molecule has 1 aromatic rings. The minimum atomic E-state index is -3.46. The largest absolute Gasteiger partial charge is 0.395 e. The van der Waals surface area contributed by atoms with Crippen LogP contribution in [0.15, 0.2) is 24.3 Å². The summed E-state index contributed by atoms with van der Waals surface area (Å²) in [5.41, 5.74) is 1.69. The highest BCUT2D eigenvalue weighted by Gasteiger charge is 2.10. The monoisotopic (exact) mass is 296 g/mol. The van der Waals surface area contributed by atoms with Gasteiger partial charge in [-0.25, -0.2) is 0 Å². The van der Waals surface area contributed by atoms with Gasteiger partial charge in [-0.1, -0.05) is 24.0 Å². The minimum Gasteiger partial charge on any atom is -0.395 e. The van der Waals surface area contributed by atoms with E-state index in [0.717, 1.165) is 11.1 Å². The quantitative estimate of drug-likeness (QED) is 0.678. The first-order chi connectivity index (χ1) is 9.43. The predicted molar refractivity (Wildman–Crippen MR) is 79.1 cm³/mol. The fraction of sp³-hybridized carbons (Fsp3) is 0.429. The molecular formula is C14H20N2O3S. The maximum absolute atomic E-state index is 11.6. The molecular weight excluding hydrogens is 276 g/mol. The Labute approximate surface area is 120 Å². The van der Waals surface area contributed by atoms with E-state index < -0.39 is 10.2 Å². The highest BCUT2D eigenvalue weighted by atomic mass is 32.2. The second-order valence-electron chi connectivity index (χ2n) is 4.57. The van der Waals surface area contributed by atoms with Crippen LogP contribution in [0.5, 0.6) is 0 Å². The van der Waals surface area contributed by atoms with Crippen LogP contribution in [-0.2, 0) is 16.8 Å². The maximum Gasteiger partial charge on any atom is 0.277 e. The van der Waals surface area contributed by atoms with Gasteiger partial charge in [-0.2, -0.15) is 17.9 Å². The van der Waals surface area contributed by atoms with E-state index >= 15 is 0 Å². The van der Waals surface area contributed by atoms with Crippen molar-refractivity contribution in [2.75, 3.05) is 6.61 Å². The summed E-state index contributed by atoms with van der Waals surface area (Å²) in [4.78, 5) is 0. The summed E-state index contributed by atoms with van der Waals surface area (Å²) in [6.07, 6.45) is 0.447. The first kappa shape index (κ1) is 16.7. The van der Waals surface area contributed by atoms with Crippen molar-refractivity contribution >= 4 is 10.2 Å². The van der Waals surface area contributed by atoms with Crippen LogP contribution >= 0.6 is 0 Å². The van der Waals surface area contributed by atoms with Gasteiger partial charge in [-0.05, 0) is 31.5 Å². The molecule has 0 radical (unpaired) electrons. The molecule has 20 heavy (non-hydrogen) atoms. The first-order valence-corrected chi connectivity index (χ1v) is 7.87. The van der Waals surface area contributed by atoms with Crippen molar-refractivity contribution in [3.63, 3.8) is 0 Å². The van der Waals surface area contributed by atoms with E-state index in [1.54, 1.807) is 13.8 Å². The zero-order valence-electron chi connectivity index (χ0n) is 11.7. The summed E-state index contributed by atoms with van der Waals surface area (Å²) in [5, 5.41) is 8.62. The Balaban J connectivity index is 2.56. The zero-order chi connectivity index (χ0) is 15.0. The van der Waals surface area contributed by atoms with E-state index in [9.17, 15) is 8.42 Å². The molecule has 0 heterocycles. The summed E-state index contributed by atoms with van der Waals surface area (Å²) < 4.78 is 28.1. The second kappa shape index (κ2) is 8.02. The van der Waals surface area contributed by atoms with Crippen molar-refractivity contribution in [3.05, 3.63) is 35.4 Å². The number of benzene rings is 1. The lowest BCUT2D eigenvalue weighted by atomic mass is 10.1. The molecule has 0 aliphatic rings. The highest BCUT2D eigenvalue weighted by Crippen LogP contribution is 2.03. The Hall–Kier alpha value is -1.39. The van der Waals surface area contributed by atoms with Gasteiger partial charge in [0.25, 0.3) is 10.2 Å². The molecule has 5 nitrogen and oxygen atoms in total. The molecule has 0 unspecified atom stereocenters. The molecule has 6 heteroatoms. The van der Waals surface area contributed by atoms with Crippen molar-refractivity contribution in [2.24, 2.45) is 0 Å². The van der Waals surface area contributed by atoms with Gasteiger partial charge < -0.3 is 5.11 Å². The summed E-state index contributed by atoms with van der Waals surface area (Å²) in [6.45, 7) is 3.81. The molecule has 0 spiro atoms. The van der Waals surface area contributed by atoms with Crippen molar-refractivity contribution in [1.82, 2.24) is 9.44 Å². The lowest BCUT2D eigenvalue weighted by molar-refractivity contribution is 0.305. The van der Waals surface area contributed by atoms with Gasteiger partial charge in [0.2, 0.25) is 0 Å². The molecule has 0 atom stereocenters. The van der Waals surface area contributed by atoms with Crippen molar-refractivity contribution in [3.8, 4) is 11.8 Å². The topological polar surface area (TPSA) is 78.4 Å². The van der Waals surface area contributed by atoms with E-state index in [1.165, 1.54) is 0 Å². The molecule has 0 aliphatic carbocycles. The van der Waals surface area contributed by atoms with Crippen LogP contribution in [0.25, 0.3) is 0 Å². The summed E-state index contributed by atoms with van der Waals surface area (Å²) in [7, 11) is -3.46. The number of rotatable bonds is 6. The number of aliphatic hydroxyl groups is 1. The standard InChI is InChI=1S/C14H20N2O3S/c1-12(2)16-20(18,19)15-11-14-8-6-13(7-9-14)5-3-4-10-17/h6-9,12,15-17H,4,10-11H2,1-2H3. The fourth-order valence-corrected chi connectivity index (χ4v) is 2.52. The van der Waals surface area contributed by atoms with Gasteiger partial charge in [-0.15, -0.1) is 0 Å². The van der Waals surface area contributed by atoms with Gasteiger partial charge in [0.15, 0.2) is 0 Å². The lowest BCUT2D eigenvalue weighted by Crippen LogP contribution is -2.39. The van der Waals surface area contributed by atoms with Crippen LogP contribution in [0, 0.1) is 11.8 Å². The normalized spacial score (nSPS) is 11.2. The molecule has 0 aromatic heterocycles. The van der Waals surface area contributed by atoms with Crippen molar-refractivity contribution in [1.29, 1.82) is 0 Å². The average Bonchev–Trinajstić information content (AvgIpc) is 2.37. The highest BCUT2D eigenvalue weighted by molar-refractivity contribution is 7.87. The number of hydrogen-bond donors (Lipinski definition) is 3. The summed E-state index contributed by atoms with van der Waals surface area (Å²) >= 11 is 0. The summed E-state index contributed by atoms with van der Waals surface area (Å²) in [5.74, 6) is 5.74. The van der Waals surface area contributed by atoms with Crippen molar-refractivity contribution < 1.29 is 13.5 Å². The van der Waals surface area contributed by atoms with Crippen LogP contribution in [-0.4, -0.2) is 26.2 Å². The van der Waals surface area contributed by atoms with Crippen LogP contribution in [0.2, 0.25) is 0 Å². The van der Waals surface area contributed by atoms with Crippen LogP contribution in [0.4, 0.5) is 0 Å². The third-order valence-electron chi connectivity index (χ3n) is 2.28. The SMILES string of the molecule is CC(C)NS(=O)(=O)NCc1ccc(C#CCCO)cc1. The maximum atomic E-state index is 11.6. The number of hydrogen-bond acceptors (Lipinski definition) is 3. The molecule has 0 saturated carbocycles. The Morgan fingerprint density at radius 3 is 2.45 bits per heavy atom. The summed E-state index contributed by atoms with van der Waals surface area (Å²) in [6, 6.07) is 7.15. The van der Waals surface area contributed by atoms with Crippen molar-refractivity contribution in [2.45, 2.75) is 32.9 Å². The Bertz CT molecular complexity index is 569. The van der Waals surface area contributed by atoms with E-state index in [0.29, 0.717) is 6.42 Å². The molecule has 1 rings (SSSR count). The third kappa shape index (κ3) is 6.68. The predicted octanol–water partition coefficient (Wildman–Crippen LogP) is 0.753. The third-order valence-corrected chi connectivity index (χ3v) is 3.59. The molecule has 3 N–H and O–H groups in total. The van der Waals surface area contributed by atoms with Gasteiger partial charge >= 0.3 is 0 Å². The molecule has 0 aliphatic heterocycles. The first-order valence-electron chi connectivity index (χ1n) is 6.38. The lowest BCUT2D eigenvalue weighted by Gasteiger charge is -2.10. The van der Waals surface area contributed by atoms with Crippen LogP contribution in [0.3, 0.4) is 0 Å². The Morgan fingerprint density at radius 2 is 1.90 bits per heavy atom. The fourth-order valence-electron chi connectivity index (χ4n) is 1.46. The molecule has 0 fully saturated rings. The van der Waals surface area contributed by atoms with E-state index in [2.05, 4.69) is 21.3 Å². The Morgan fingerprint density at radius 1 is 1.25 bits per heavy atom. The minimum absolute atomic E-state index is 0.0513. The average molecular weight is 296 g/mol. The molecule has 1 aromatic carbocycles. The second-order valence-corrected chi connectivity index (χ2v) is 6.10. The smallest absolute Gasteiger partial charge is 0.277 e. The molecule has 110 valence electrons. The molecule has 0 saturated heterocycles. The molecule has 0 amide bonds. The number of nitrogens with one attached hydrogen (secondary N) is 2. The number of aliphatic hydroxyl groups excluding tert-OH is 1. The zero-order valence-corrected chi connectivity index (χ0v) is 12.5. The van der Waals surface area contributed by atoms with Gasteiger partial charge in [0.1, 0.15) is 0 Å². The van der Waals surface area contributed by atoms with Gasteiger partial charge in [-0.3, -0.25) is 0 Å².